The van der Waals surface area contributed by atoms with Crippen molar-refractivity contribution in [2.24, 2.45) is 0 Å². The first-order valence-electron chi connectivity index (χ1n) is 14.1. The van der Waals surface area contributed by atoms with Gasteiger partial charge in [0.05, 0.1) is 12.2 Å². The minimum atomic E-state index is -0.671. The van der Waals surface area contributed by atoms with Gasteiger partial charge in [0.25, 0.3) is 0 Å². The molecule has 3 heterocycles. The SMILES string of the molecule is CC(O)N1c2ccc(-c3cnn(C4CCN(C(=O)OC(C)(C)C)CC4)c3)c(Oc3ccccc3F)c2CC[C@@H]1C. The number of hydrogen-bond donors (Lipinski definition) is 1. The number of likely N-dealkylation sites (tertiary alicyclic amines) is 1. The molecular weight excluding hydrogens is 511 g/mol. The number of hydrogen-bond acceptors (Lipinski definition) is 6. The molecule has 1 fully saturated rings. The first kappa shape index (κ1) is 28.0. The van der Waals surface area contributed by atoms with Gasteiger partial charge in [-0.25, -0.2) is 9.18 Å². The Morgan fingerprint density at radius 1 is 1.12 bits per heavy atom. The molecule has 1 unspecified atom stereocenters. The van der Waals surface area contributed by atoms with E-state index in [1.165, 1.54) is 6.07 Å². The van der Waals surface area contributed by atoms with Gasteiger partial charge in [-0.05, 0) is 84.6 Å². The lowest BCUT2D eigenvalue weighted by molar-refractivity contribution is 0.0184. The molecule has 2 aliphatic heterocycles. The number of rotatable bonds is 5. The molecule has 0 spiro atoms. The first-order valence-corrected chi connectivity index (χ1v) is 14.1. The number of fused-ring (bicyclic) bond motifs is 1. The van der Waals surface area contributed by atoms with Gasteiger partial charge in [-0.3, -0.25) is 4.68 Å². The Morgan fingerprint density at radius 2 is 1.85 bits per heavy atom. The number of carbonyl (C=O) groups is 1. The van der Waals surface area contributed by atoms with Crippen LogP contribution in [0.15, 0.2) is 48.8 Å². The predicted octanol–water partition coefficient (Wildman–Crippen LogP) is 6.53. The highest BCUT2D eigenvalue weighted by atomic mass is 19.1. The molecule has 2 aliphatic rings. The maximum Gasteiger partial charge on any atom is 0.410 e. The fourth-order valence-corrected chi connectivity index (χ4v) is 5.70. The van der Waals surface area contributed by atoms with Crippen LogP contribution in [0.1, 0.15) is 65.5 Å². The quantitative estimate of drug-likeness (QED) is 0.389. The normalized spacial score (nSPS) is 18.8. The predicted molar refractivity (Wildman–Crippen MR) is 152 cm³/mol. The van der Waals surface area contributed by atoms with Crippen molar-refractivity contribution in [3.63, 3.8) is 0 Å². The molecule has 1 aromatic heterocycles. The van der Waals surface area contributed by atoms with Crippen molar-refractivity contribution in [3.05, 3.63) is 60.2 Å². The lowest BCUT2D eigenvalue weighted by Gasteiger charge is -2.40. The molecule has 214 valence electrons. The van der Waals surface area contributed by atoms with Gasteiger partial charge >= 0.3 is 6.09 Å². The number of benzene rings is 2. The van der Waals surface area contributed by atoms with Crippen molar-refractivity contribution in [2.45, 2.75) is 84.2 Å². The van der Waals surface area contributed by atoms with E-state index in [0.717, 1.165) is 48.1 Å². The molecule has 1 N–H and O–H groups in total. The van der Waals surface area contributed by atoms with Crippen LogP contribution < -0.4 is 9.64 Å². The average molecular weight is 551 g/mol. The largest absolute Gasteiger partial charge is 0.453 e. The standard InChI is InChI=1S/C31H39FN4O4/c1-20-10-11-25-27(36(20)21(2)37)13-12-24(29(25)39-28-9-7-6-8-26(28)32)22-18-33-35(19-22)23-14-16-34(17-15-23)30(38)40-31(3,4)5/h6-9,12-13,18-21,23,37H,10-11,14-17H2,1-5H3/t20-,21?/m0/s1. The third-order valence-electron chi connectivity index (χ3n) is 7.65. The highest BCUT2D eigenvalue weighted by Crippen LogP contribution is 2.45. The fraction of sp³-hybridized carbons (Fsp3) is 0.484. The maximum absolute atomic E-state index is 14.7. The molecule has 40 heavy (non-hydrogen) atoms. The second-order valence-corrected chi connectivity index (χ2v) is 11.8. The molecule has 5 rings (SSSR count). The van der Waals surface area contributed by atoms with Crippen LogP contribution in [0.25, 0.3) is 11.1 Å². The molecule has 0 bridgehead atoms. The smallest absolute Gasteiger partial charge is 0.410 e. The second-order valence-electron chi connectivity index (χ2n) is 11.8. The number of aromatic nitrogens is 2. The zero-order chi connectivity index (χ0) is 28.6. The zero-order valence-electron chi connectivity index (χ0n) is 23.9. The Kier molecular flexibility index (Phi) is 7.77. The molecule has 0 saturated carbocycles. The van der Waals surface area contributed by atoms with E-state index in [1.807, 2.05) is 54.9 Å². The number of aliphatic hydroxyl groups is 1. The molecule has 0 radical (unpaired) electrons. The summed E-state index contributed by atoms with van der Waals surface area (Å²) in [4.78, 5) is 16.2. The Labute approximate surface area is 235 Å². The van der Waals surface area contributed by atoms with Crippen molar-refractivity contribution in [3.8, 4) is 22.6 Å². The maximum atomic E-state index is 14.7. The number of para-hydroxylation sites is 1. The van der Waals surface area contributed by atoms with E-state index < -0.39 is 17.6 Å². The molecule has 3 aromatic rings. The molecule has 2 atom stereocenters. The summed E-state index contributed by atoms with van der Waals surface area (Å²) in [5, 5.41) is 15.2. The van der Waals surface area contributed by atoms with Gasteiger partial charge in [0, 0.05) is 47.7 Å². The van der Waals surface area contributed by atoms with Crippen molar-refractivity contribution in [1.82, 2.24) is 14.7 Å². The first-order chi connectivity index (χ1) is 19.0. The van der Waals surface area contributed by atoms with Crippen molar-refractivity contribution < 1.29 is 23.8 Å². The summed E-state index contributed by atoms with van der Waals surface area (Å²) in [5.74, 6) is 0.302. The van der Waals surface area contributed by atoms with E-state index in [2.05, 4.69) is 12.0 Å². The van der Waals surface area contributed by atoms with Crippen LogP contribution in [0, 0.1) is 5.82 Å². The molecule has 1 saturated heterocycles. The van der Waals surface area contributed by atoms with Crippen LogP contribution in [-0.4, -0.2) is 56.8 Å². The highest BCUT2D eigenvalue weighted by Gasteiger charge is 2.31. The molecule has 8 nitrogen and oxygen atoms in total. The van der Waals surface area contributed by atoms with E-state index in [4.69, 9.17) is 9.47 Å². The minimum absolute atomic E-state index is 0.146. The number of halogens is 1. The lowest BCUT2D eigenvalue weighted by Crippen LogP contribution is -2.43. The third-order valence-corrected chi connectivity index (χ3v) is 7.65. The van der Waals surface area contributed by atoms with Crippen molar-refractivity contribution in [2.75, 3.05) is 18.0 Å². The summed E-state index contributed by atoms with van der Waals surface area (Å²) in [6.07, 6.45) is 5.98. The Morgan fingerprint density at radius 3 is 2.52 bits per heavy atom. The summed E-state index contributed by atoms with van der Waals surface area (Å²) < 4.78 is 28.5. The van der Waals surface area contributed by atoms with Crippen molar-refractivity contribution in [1.29, 1.82) is 0 Å². The zero-order valence-corrected chi connectivity index (χ0v) is 23.9. The number of nitrogens with zero attached hydrogens (tertiary/aromatic N) is 4. The number of anilines is 1. The summed E-state index contributed by atoms with van der Waals surface area (Å²) >= 11 is 0. The van der Waals surface area contributed by atoms with Gasteiger partial charge in [-0.2, -0.15) is 5.10 Å². The summed E-state index contributed by atoms with van der Waals surface area (Å²) in [7, 11) is 0. The van der Waals surface area contributed by atoms with Crippen LogP contribution in [0.2, 0.25) is 0 Å². The van der Waals surface area contributed by atoms with Gasteiger partial charge in [0.15, 0.2) is 11.6 Å². The average Bonchev–Trinajstić information content (AvgIpc) is 3.39. The monoisotopic (exact) mass is 550 g/mol. The van der Waals surface area contributed by atoms with Gasteiger partial charge in [0.2, 0.25) is 0 Å². The van der Waals surface area contributed by atoms with Crippen LogP contribution in [0.3, 0.4) is 0 Å². The minimum Gasteiger partial charge on any atom is -0.453 e. The lowest BCUT2D eigenvalue weighted by atomic mass is 9.92. The number of carbonyl (C=O) groups excluding carboxylic acids is 1. The van der Waals surface area contributed by atoms with Gasteiger partial charge in [-0.15, -0.1) is 0 Å². The molecule has 0 aliphatic carbocycles. The summed E-state index contributed by atoms with van der Waals surface area (Å²) in [6.45, 7) is 10.7. The van der Waals surface area contributed by atoms with E-state index in [1.54, 1.807) is 30.0 Å². The number of amides is 1. The van der Waals surface area contributed by atoms with Gasteiger partial charge < -0.3 is 24.4 Å². The number of piperidine rings is 1. The highest BCUT2D eigenvalue weighted by molar-refractivity contribution is 5.78. The number of aliphatic hydroxyl groups excluding tert-OH is 1. The molecule has 9 heteroatoms. The van der Waals surface area contributed by atoms with E-state index in [0.29, 0.717) is 18.8 Å². The molecular formula is C31H39FN4O4. The topological polar surface area (TPSA) is 80.1 Å². The second kappa shape index (κ2) is 11.1. The van der Waals surface area contributed by atoms with E-state index >= 15 is 0 Å². The van der Waals surface area contributed by atoms with Crippen LogP contribution >= 0.6 is 0 Å². The van der Waals surface area contributed by atoms with E-state index in [9.17, 15) is 14.3 Å². The van der Waals surface area contributed by atoms with Crippen molar-refractivity contribution >= 4 is 11.8 Å². The molecule has 2 aromatic carbocycles. The Balaban J connectivity index is 1.44. The van der Waals surface area contributed by atoms with Crippen LogP contribution in [0.5, 0.6) is 11.5 Å². The van der Waals surface area contributed by atoms with Gasteiger partial charge in [0.1, 0.15) is 17.6 Å². The van der Waals surface area contributed by atoms with E-state index in [-0.39, 0.29) is 23.9 Å². The van der Waals surface area contributed by atoms with Crippen LogP contribution in [-0.2, 0) is 11.2 Å². The fourth-order valence-electron chi connectivity index (χ4n) is 5.70. The third kappa shape index (κ3) is 5.80. The molecule has 1 amide bonds. The Hall–Kier alpha value is -3.59. The summed E-state index contributed by atoms with van der Waals surface area (Å²) in [5.41, 5.74) is 3.00. The summed E-state index contributed by atoms with van der Waals surface area (Å²) in [6, 6.07) is 10.7. The Bertz CT molecular complexity index is 1360. The van der Waals surface area contributed by atoms with Gasteiger partial charge in [-0.1, -0.05) is 12.1 Å². The number of ether oxygens (including phenoxy) is 2. The van der Waals surface area contributed by atoms with Crippen LogP contribution in [0.4, 0.5) is 14.9 Å².